The molecule has 116 valence electrons. The van der Waals surface area contributed by atoms with Crippen LogP contribution in [0.25, 0.3) is 0 Å². The van der Waals surface area contributed by atoms with Gasteiger partial charge < -0.3 is 15.1 Å². The SMILES string of the molecule is CCCNc1cc(N2CCC3C(CCCN3C)C2)ccn1. The third-order valence-electron chi connectivity index (χ3n) is 5.01. The Kier molecular flexibility index (Phi) is 4.63. The summed E-state index contributed by atoms with van der Waals surface area (Å²) in [6.07, 6.45) is 7.10. The molecule has 0 radical (unpaired) electrons. The molecule has 0 aromatic carbocycles. The quantitative estimate of drug-likeness (QED) is 0.923. The molecule has 2 fully saturated rings. The average molecular weight is 288 g/mol. The predicted molar refractivity (Wildman–Crippen MR) is 89.0 cm³/mol. The van der Waals surface area contributed by atoms with Crippen molar-refractivity contribution < 1.29 is 0 Å². The van der Waals surface area contributed by atoms with Crippen molar-refractivity contribution in [1.29, 1.82) is 0 Å². The standard InChI is InChI=1S/C17H28N4/c1-3-8-18-17-12-15(6-9-19-17)21-11-7-16-14(13-21)5-4-10-20(16)2/h6,9,12,14,16H,3-5,7-8,10-11,13H2,1-2H3,(H,18,19). The molecular formula is C17H28N4. The molecule has 4 heteroatoms. The van der Waals surface area contributed by atoms with Gasteiger partial charge in [-0.3, -0.25) is 0 Å². The number of nitrogens with one attached hydrogen (secondary N) is 1. The monoisotopic (exact) mass is 288 g/mol. The minimum absolute atomic E-state index is 0.800. The molecule has 0 saturated carbocycles. The molecule has 2 unspecified atom stereocenters. The summed E-state index contributed by atoms with van der Waals surface area (Å²) in [5.41, 5.74) is 1.33. The van der Waals surface area contributed by atoms with E-state index < -0.39 is 0 Å². The van der Waals surface area contributed by atoms with Crippen molar-refractivity contribution in [2.24, 2.45) is 5.92 Å². The van der Waals surface area contributed by atoms with Crippen LogP contribution in [0.4, 0.5) is 11.5 Å². The number of nitrogens with zero attached hydrogens (tertiary/aromatic N) is 3. The molecule has 3 rings (SSSR count). The molecule has 2 saturated heterocycles. The van der Waals surface area contributed by atoms with Crippen molar-refractivity contribution in [3.63, 3.8) is 0 Å². The van der Waals surface area contributed by atoms with Crippen LogP contribution < -0.4 is 10.2 Å². The molecule has 2 aliphatic heterocycles. The number of hydrogen-bond donors (Lipinski definition) is 1. The topological polar surface area (TPSA) is 31.4 Å². The Labute approximate surface area is 128 Å². The first kappa shape index (κ1) is 14.6. The van der Waals surface area contributed by atoms with Gasteiger partial charge in [-0.1, -0.05) is 6.92 Å². The number of fused-ring (bicyclic) bond motifs is 1. The maximum atomic E-state index is 4.42. The van der Waals surface area contributed by atoms with Crippen molar-refractivity contribution in [3.05, 3.63) is 18.3 Å². The van der Waals surface area contributed by atoms with E-state index in [9.17, 15) is 0 Å². The second kappa shape index (κ2) is 6.65. The third kappa shape index (κ3) is 3.31. The zero-order valence-corrected chi connectivity index (χ0v) is 13.4. The number of pyridine rings is 1. The van der Waals surface area contributed by atoms with Crippen LogP contribution in [0, 0.1) is 5.92 Å². The summed E-state index contributed by atoms with van der Waals surface area (Å²) < 4.78 is 0. The Balaban J connectivity index is 1.67. The highest BCUT2D eigenvalue weighted by molar-refractivity contribution is 5.54. The average Bonchev–Trinajstić information content (AvgIpc) is 2.53. The molecule has 0 aliphatic carbocycles. The van der Waals surface area contributed by atoms with E-state index in [-0.39, 0.29) is 0 Å². The zero-order chi connectivity index (χ0) is 14.7. The third-order valence-corrected chi connectivity index (χ3v) is 5.01. The zero-order valence-electron chi connectivity index (χ0n) is 13.4. The number of likely N-dealkylation sites (tertiary alicyclic amines) is 1. The van der Waals surface area contributed by atoms with Crippen LogP contribution >= 0.6 is 0 Å². The molecular weight excluding hydrogens is 260 g/mol. The summed E-state index contributed by atoms with van der Waals surface area (Å²) in [7, 11) is 2.30. The van der Waals surface area contributed by atoms with Crippen LogP contribution in [0.15, 0.2) is 18.3 Å². The van der Waals surface area contributed by atoms with Crippen LogP contribution in [0.5, 0.6) is 0 Å². The number of piperidine rings is 2. The van der Waals surface area contributed by atoms with Crippen LogP contribution in [-0.2, 0) is 0 Å². The van der Waals surface area contributed by atoms with Gasteiger partial charge in [-0.15, -0.1) is 0 Å². The van der Waals surface area contributed by atoms with Crippen LogP contribution in [-0.4, -0.2) is 49.2 Å². The normalized spacial score (nSPS) is 26.5. The lowest BCUT2D eigenvalue weighted by Crippen LogP contribution is -2.52. The largest absolute Gasteiger partial charge is 0.371 e. The van der Waals surface area contributed by atoms with Gasteiger partial charge in [0.15, 0.2) is 0 Å². The van der Waals surface area contributed by atoms with E-state index in [1.54, 1.807) is 0 Å². The molecule has 21 heavy (non-hydrogen) atoms. The fourth-order valence-electron chi connectivity index (χ4n) is 3.85. The lowest BCUT2D eigenvalue weighted by Gasteiger charge is -2.46. The van der Waals surface area contributed by atoms with Crippen molar-refractivity contribution in [1.82, 2.24) is 9.88 Å². The molecule has 0 amide bonds. The number of hydrogen-bond acceptors (Lipinski definition) is 4. The van der Waals surface area contributed by atoms with Crippen LogP contribution in [0.2, 0.25) is 0 Å². The Morgan fingerprint density at radius 1 is 1.33 bits per heavy atom. The van der Waals surface area contributed by atoms with Gasteiger partial charge in [-0.05, 0) is 51.3 Å². The van der Waals surface area contributed by atoms with E-state index in [1.807, 2.05) is 6.20 Å². The van der Waals surface area contributed by atoms with Gasteiger partial charge in [-0.25, -0.2) is 4.98 Å². The van der Waals surface area contributed by atoms with Gasteiger partial charge in [0, 0.05) is 43.6 Å². The summed E-state index contributed by atoms with van der Waals surface area (Å²) in [5, 5.41) is 3.39. The van der Waals surface area contributed by atoms with Crippen LogP contribution in [0.1, 0.15) is 32.6 Å². The highest BCUT2D eigenvalue weighted by Gasteiger charge is 2.34. The van der Waals surface area contributed by atoms with Gasteiger partial charge in [0.2, 0.25) is 0 Å². The van der Waals surface area contributed by atoms with E-state index in [4.69, 9.17) is 0 Å². The Bertz CT molecular complexity index is 462. The van der Waals surface area contributed by atoms with Crippen molar-refractivity contribution in [3.8, 4) is 0 Å². The van der Waals surface area contributed by atoms with E-state index in [0.717, 1.165) is 30.7 Å². The molecule has 0 spiro atoms. The molecule has 4 nitrogen and oxygen atoms in total. The van der Waals surface area contributed by atoms with Gasteiger partial charge in [0.25, 0.3) is 0 Å². The van der Waals surface area contributed by atoms with Gasteiger partial charge in [-0.2, -0.15) is 0 Å². The van der Waals surface area contributed by atoms with Gasteiger partial charge in [0.05, 0.1) is 0 Å². The maximum absolute atomic E-state index is 4.42. The van der Waals surface area contributed by atoms with Gasteiger partial charge >= 0.3 is 0 Å². The number of anilines is 2. The first-order chi connectivity index (χ1) is 10.3. The lowest BCUT2D eigenvalue weighted by molar-refractivity contribution is 0.102. The maximum Gasteiger partial charge on any atom is 0.127 e. The molecule has 2 atom stereocenters. The lowest BCUT2D eigenvalue weighted by atomic mass is 9.84. The van der Waals surface area contributed by atoms with E-state index >= 15 is 0 Å². The summed E-state index contributed by atoms with van der Waals surface area (Å²) in [6, 6.07) is 5.17. The van der Waals surface area contributed by atoms with Crippen LogP contribution in [0.3, 0.4) is 0 Å². The second-order valence-corrected chi connectivity index (χ2v) is 6.51. The van der Waals surface area contributed by atoms with E-state index in [2.05, 4.69) is 46.2 Å². The smallest absolute Gasteiger partial charge is 0.127 e. The highest BCUT2D eigenvalue weighted by Crippen LogP contribution is 2.32. The second-order valence-electron chi connectivity index (χ2n) is 6.51. The Hall–Kier alpha value is -1.29. The summed E-state index contributed by atoms with van der Waals surface area (Å²) in [6.45, 7) is 6.82. The fraction of sp³-hybridized carbons (Fsp3) is 0.706. The minimum atomic E-state index is 0.800. The van der Waals surface area contributed by atoms with Crippen molar-refractivity contribution in [2.75, 3.05) is 43.4 Å². The molecule has 1 N–H and O–H groups in total. The summed E-state index contributed by atoms with van der Waals surface area (Å²) in [4.78, 5) is 9.55. The molecule has 3 heterocycles. The molecule has 1 aromatic rings. The number of aromatic nitrogens is 1. The Morgan fingerprint density at radius 2 is 2.24 bits per heavy atom. The first-order valence-electron chi connectivity index (χ1n) is 8.43. The van der Waals surface area contributed by atoms with Crippen molar-refractivity contribution in [2.45, 2.75) is 38.6 Å². The summed E-state index contributed by atoms with van der Waals surface area (Å²) >= 11 is 0. The van der Waals surface area contributed by atoms with Crippen molar-refractivity contribution >= 4 is 11.5 Å². The predicted octanol–water partition coefficient (Wildman–Crippen LogP) is 2.82. The first-order valence-corrected chi connectivity index (χ1v) is 8.43. The molecule has 0 bridgehead atoms. The molecule has 1 aromatic heterocycles. The summed E-state index contributed by atoms with van der Waals surface area (Å²) in [5.74, 6) is 1.84. The Morgan fingerprint density at radius 3 is 3.10 bits per heavy atom. The minimum Gasteiger partial charge on any atom is -0.371 e. The van der Waals surface area contributed by atoms with Gasteiger partial charge in [0.1, 0.15) is 5.82 Å². The highest BCUT2D eigenvalue weighted by atomic mass is 15.2. The molecule has 2 aliphatic rings. The van der Waals surface area contributed by atoms with E-state index in [1.165, 1.54) is 44.6 Å². The van der Waals surface area contributed by atoms with E-state index in [0.29, 0.717) is 0 Å². The fourth-order valence-corrected chi connectivity index (χ4v) is 3.85. The number of rotatable bonds is 4.